The highest BCUT2D eigenvalue weighted by Gasteiger charge is 2.28. The van der Waals surface area contributed by atoms with Gasteiger partial charge < -0.3 is 14.5 Å². The largest absolute Gasteiger partial charge is 0.460 e. The Morgan fingerprint density at radius 2 is 2.00 bits per heavy atom. The van der Waals surface area contributed by atoms with Crippen molar-refractivity contribution in [3.8, 4) is 0 Å². The molecule has 0 bridgehead atoms. The number of nitrogens with zero attached hydrogens (tertiary/aromatic N) is 4. The summed E-state index contributed by atoms with van der Waals surface area (Å²) in [6.07, 6.45) is 2.63. The molecular formula is C22H26N4O2S. The molecule has 29 heavy (non-hydrogen) atoms. The monoisotopic (exact) mass is 410 g/mol. The first-order valence-corrected chi connectivity index (χ1v) is 11.0. The second kappa shape index (κ2) is 8.78. The van der Waals surface area contributed by atoms with E-state index in [1.807, 2.05) is 23.6 Å². The number of esters is 1. The Hall–Kier alpha value is -2.67. The fourth-order valence-electron chi connectivity index (χ4n) is 3.83. The average Bonchev–Trinajstić information content (AvgIpc) is 3.39. The molecule has 152 valence electrons. The van der Waals surface area contributed by atoms with Crippen LogP contribution in [-0.2, 0) is 16.0 Å². The molecule has 3 heterocycles. The van der Waals surface area contributed by atoms with Crippen LogP contribution in [0.4, 0.5) is 11.5 Å². The van der Waals surface area contributed by atoms with E-state index < -0.39 is 0 Å². The molecule has 0 N–H and O–H groups in total. The highest BCUT2D eigenvalue weighted by Crippen LogP contribution is 2.30. The third kappa shape index (κ3) is 4.34. The zero-order valence-corrected chi connectivity index (χ0v) is 17.7. The molecule has 7 heteroatoms. The number of hydrogen-bond acceptors (Lipinski definition) is 7. The van der Waals surface area contributed by atoms with Gasteiger partial charge in [0.25, 0.3) is 0 Å². The van der Waals surface area contributed by atoms with E-state index >= 15 is 0 Å². The zero-order chi connectivity index (χ0) is 20.2. The van der Waals surface area contributed by atoms with Crippen LogP contribution in [0.15, 0.2) is 42.0 Å². The number of aromatic nitrogens is 2. The van der Waals surface area contributed by atoms with Crippen LogP contribution < -0.4 is 9.80 Å². The summed E-state index contributed by atoms with van der Waals surface area (Å²) >= 11 is 1.65. The van der Waals surface area contributed by atoms with Gasteiger partial charge >= 0.3 is 5.97 Å². The van der Waals surface area contributed by atoms with Gasteiger partial charge in [-0.15, -0.1) is 11.3 Å². The van der Waals surface area contributed by atoms with Crippen molar-refractivity contribution in [1.82, 2.24) is 9.97 Å². The molecule has 0 radical (unpaired) electrons. The van der Waals surface area contributed by atoms with Gasteiger partial charge in [-0.05, 0) is 43.0 Å². The number of ether oxygens (including phenoxy) is 1. The second-order valence-electron chi connectivity index (χ2n) is 7.19. The smallest absolute Gasteiger partial charge is 0.310 e. The van der Waals surface area contributed by atoms with E-state index in [0.29, 0.717) is 13.0 Å². The van der Waals surface area contributed by atoms with Crippen LogP contribution in [0.3, 0.4) is 0 Å². The lowest BCUT2D eigenvalue weighted by molar-refractivity contribution is -0.147. The Morgan fingerprint density at radius 1 is 1.21 bits per heavy atom. The number of benzene rings is 1. The maximum Gasteiger partial charge on any atom is 0.310 e. The molecule has 1 unspecified atom stereocenters. The molecule has 4 rings (SSSR count). The Labute approximate surface area is 175 Å². The van der Waals surface area contributed by atoms with Crippen molar-refractivity contribution in [2.75, 3.05) is 36.0 Å². The Balaban J connectivity index is 1.33. The Morgan fingerprint density at radius 3 is 2.76 bits per heavy atom. The summed E-state index contributed by atoms with van der Waals surface area (Å²) in [6, 6.07) is 10.2. The van der Waals surface area contributed by atoms with Gasteiger partial charge in [0.2, 0.25) is 0 Å². The predicted molar refractivity (Wildman–Crippen MR) is 118 cm³/mol. The van der Waals surface area contributed by atoms with E-state index in [2.05, 4.69) is 45.7 Å². The van der Waals surface area contributed by atoms with Crippen LogP contribution in [0.5, 0.6) is 0 Å². The van der Waals surface area contributed by atoms with Crippen molar-refractivity contribution in [2.24, 2.45) is 0 Å². The molecule has 1 aromatic carbocycles. The lowest BCUT2D eigenvalue weighted by Crippen LogP contribution is -2.26. The molecular weight excluding hydrogens is 384 g/mol. The Bertz CT molecular complexity index is 968. The summed E-state index contributed by atoms with van der Waals surface area (Å²) in [7, 11) is 0. The van der Waals surface area contributed by atoms with Gasteiger partial charge in [0.15, 0.2) is 0 Å². The lowest BCUT2D eigenvalue weighted by atomic mass is 10.1. The molecule has 1 fully saturated rings. The summed E-state index contributed by atoms with van der Waals surface area (Å²) in [5, 5.41) is 2.03. The van der Waals surface area contributed by atoms with Crippen molar-refractivity contribution in [1.29, 1.82) is 0 Å². The minimum absolute atomic E-state index is 0.0950. The van der Waals surface area contributed by atoms with Crippen LogP contribution in [0.1, 0.15) is 25.8 Å². The van der Waals surface area contributed by atoms with Gasteiger partial charge in [-0.2, -0.15) is 0 Å². The SMILES string of the molecule is CCN(CC)c1ccc(CC(=O)OC2CCN(c3ncnc4ccsc34)C2)cc1. The van der Waals surface area contributed by atoms with Crippen molar-refractivity contribution in [2.45, 2.75) is 32.8 Å². The molecule has 2 aromatic heterocycles. The number of carbonyl (C=O) groups is 1. The molecule has 1 atom stereocenters. The van der Waals surface area contributed by atoms with E-state index in [1.165, 1.54) is 5.69 Å². The van der Waals surface area contributed by atoms with Crippen molar-refractivity contribution < 1.29 is 9.53 Å². The van der Waals surface area contributed by atoms with Gasteiger partial charge in [-0.3, -0.25) is 4.79 Å². The van der Waals surface area contributed by atoms with Crippen molar-refractivity contribution in [3.05, 3.63) is 47.6 Å². The highest BCUT2D eigenvalue weighted by molar-refractivity contribution is 7.17. The summed E-state index contributed by atoms with van der Waals surface area (Å²) in [6.45, 7) is 7.74. The minimum atomic E-state index is -0.170. The first-order valence-electron chi connectivity index (χ1n) is 10.1. The molecule has 1 saturated heterocycles. The molecule has 3 aromatic rings. The van der Waals surface area contributed by atoms with E-state index in [-0.39, 0.29) is 12.1 Å². The maximum absolute atomic E-state index is 12.4. The summed E-state index contributed by atoms with van der Waals surface area (Å²) in [4.78, 5) is 25.7. The van der Waals surface area contributed by atoms with E-state index in [1.54, 1.807) is 17.7 Å². The third-order valence-corrected chi connectivity index (χ3v) is 6.28. The first-order chi connectivity index (χ1) is 14.2. The normalized spacial score (nSPS) is 16.3. The molecule has 1 aliphatic heterocycles. The average molecular weight is 411 g/mol. The van der Waals surface area contributed by atoms with Gasteiger partial charge in [0.1, 0.15) is 18.2 Å². The van der Waals surface area contributed by atoms with Crippen LogP contribution in [0, 0.1) is 0 Å². The number of hydrogen-bond donors (Lipinski definition) is 0. The molecule has 1 aliphatic rings. The van der Waals surface area contributed by atoms with Gasteiger partial charge in [0.05, 0.1) is 23.2 Å². The number of thiophene rings is 1. The van der Waals surface area contributed by atoms with E-state index in [0.717, 1.165) is 47.7 Å². The highest BCUT2D eigenvalue weighted by atomic mass is 32.1. The van der Waals surface area contributed by atoms with Gasteiger partial charge in [0, 0.05) is 31.7 Å². The van der Waals surface area contributed by atoms with Crippen LogP contribution in [0.2, 0.25) is 0 Å². The second-order valence-corrected chi connectivity index (χ2v) is 8.11. The van der Waals surface area contributed by atoms with Crippen LogP contribution in [0.25, 0.3) is 10.2 Å². The summed E-state index contributed by atoms with van der Waals surface area (Å²) in [5.74, 6) is 0.770. The van der Waals surface area contributed by atoms with Crippen LogP contribution >= 0.6 is 11.3 Å². The molecule has 6 nitrogen and oxygen atoms in total. The molecule has 0 amide bonds. The molecule has 0 aliphatic carbocycles. The predicted octanol–water partition coefficient (Wildman–Crippen LogP) is 3.90. The van der Waals surface area contributed by atoms with Crippen molar-refractivity contribution in [3.63, 3.8) is 0 Å². The molecule has 0 spiro atoms. The number of rotatable bonds is 7. The number of anilines is 2. The standard InChI is InChI=1S/C22H26N4O2S/c1-3-25(4-2)17-7-5-16(6-8-17)13-20(27)28-18-9-11-26(14-18)22-21-19(10-12-29-21)23-15-24-22/h5-8,10,12,15,18H,3-4,9,11,13-14H2,1-2H3. The fourth-order valence-corrected chi connectivity index (χ4v) is 4.69. The number of fused-ring (bicyclic) bond motifs is 1. The first kappa shape index (κ1) is 19.6. The summed E-state index contributed by atoms with van der Waals surface area (Å²) in [5.41, 5.74) is 3.13. The topological polar surface area (TPSA) is 58.6 Å². The molecule has 0 saturated carbocycles. The van der Waals surface area contributed by atoms with Crippen LogP contribution in [-0.4, -0.2) is 48.2 Å². The fraction of sp³-hybridized carbons (Fsp3) is 0.409. The zero-order valence-electron chi connectivity index (χ0n) is 16.9. The van der Waals surface area contributed by atoms with Gasteiger partial charge in [-0.25, -0.2) is 9.97 Å². The Kier molecular flexibility index (Phi) is 5.94. The quantitative estimate of drug-likeness (QED) is 0.551. The van der Waals surface area contributed by atoms with Gasteiger partial charge in [-0.1, -0.05) is 12.1 Å². The summed E-state index contributed by atoms with van der Waals surface area (Å²) < 4.78 is 6.84. The number of carbonyl (C=O) groups excluding carboxylic acids is 1. The van der Waals surface area contributed by atoms with E-state index in [4.69, 9.17) is 4.74 Å². The maximum atomic E-state index is 12.4. The van der Waals surface area contributed by atoms with Crippen molar-refractivity contribution >= 4 is 39.0 Å². The lowest BCUT2D eigenvalue weighted by Gasteiger charge is -2.21. The van der Waals surface area contributed by atoms with E-state index in [9.17, 15) is 4.79 Å². The minimum Gasteiger partial charge on any atom is -0.460 e. The third-order valence-electron chi connectivity index (χ3n) is 5.38.